The van der Waals surface area contributed by atoms with Gasteiger partial charge in [0.1, 0.15) is 0 Å². The Bertz CT molecular complexity index is 6320. The van der Waals surface area contributed by atoms with E-state index in [9.17, 15) is 0 Å². The van der Waals surface area contributed by atoms with Gasteiger partial charge in [-0.1, -0.05) is 297 Å². The molecule has 0 unspecified atom stereocenters. The van der Waals surface area contributed by atoms with Crippen molar-refractivity contribution in [1.82, 2.24) is 29.9 Å². The Hall–Kier alpha value is -14.5. The first-order valence-corrected chi connectivity index (χ1v) is 36.5. The van der Waals surface area contributed by atoms with Crippen LogP contribution in [0.2, 0.25) is 0 Å². The quantitative estimate of drug-likeness (QED) is 0.134. The largest absolute Gasteiger partial charge is 0.264 e. The van der Waals surface area contributed by atoms with Gasteiger partial charge >= 0.3 is 0 Å². The van der Waals surface area contributed by atoms with Crippen molar-refractivity contribution in [3.63, 3.8) is 0 Å². The molecule has 504 valence electrons. The fourth-order valence-corrected chi connectivity index (χ4v) is 15.6. The molecule has 0 amide bonds. The van der Waals surface area contributed by atoms with Crippen LogP contribution in [0.1, 0.15) is 0 Å². The monoisotopic (exact) mass is 1370 g/mol. The summed E-state index contributed by atoms with van der Waals surface area (Å²) in [5, 5.41) is 18.0. The van der Waals surface area contributed by atoms with E-state index in [4.69, 9.17) is 15.0 Å². The molecule has 0 atom stereocenters. The maximum atomic E-state index is 5.17. The molecule has 6 aromatic heterocycles. The summed E-state index contributed by atoms with van der Waals surface area (Å²) in [6, 6.07) is 129. The zero-order valence-corrected chi connectivity index (χ0v) is 58.8. The molecular formula is C102H66N6. The van der Waals surface area contributed by atoms with Crippen molar-refractivity contribution < 1.29 is 0 Å². The van der Waals surface area contributed by atoms with Crippen molar-refractivity contribution in [1.29, 1.82) is 0 Å². The molecule has 0 saturated heterocycles. The molecule has 6 heteroatoms. The van der Waals surface area contributed by atoms with Crippen molar-refractivity contribution in [3.05, 3.63) is 401 Å². The molecule has 21 aromatic rings. The number of pyridine rings is 6. The zero-order chi connectivity index (χ0) is 71.7. The number of nitrogens with zero attached hydrogens (tertiary/aromatic N) is 6. The summed E-state index contributed by atoms with van der Waals surface area (Å²) in [7, 11) is 0. The molecule has 0 aliphatic rings. The minimum absolute atomic E-state index is 0.965. The summed E-state index contributed by atoms with van der Waals surface area (Å²) in [6.45, 7) is 0. The van der Waals surface area contributed by atoms with E-state index in [0.717, 1.165) is 83.2 Å². The van der Waals surface area contributed by atoms with Crippen LogP contribution in [0.3, 0.4) is 0 Å². The maximum absolute atomic E-state index is 5.17. The molecule has 0 fully saturated rings. The Kier molecular flexibility index (Phi) is 16.9. The van der Waals surface area contributed by atoms with Gasteiger partial charge in [-0.15, -0.1) is 0 Å². The van der Waals surface area contributed by atoms with Crippen LogP contribution in [0.25, 0.3) is 198 Å². The summed E-state index contributed by atoms with van der Waals surface area (Å²) in [5.74, 6) is 0. The lowest BCUT2D eigenvalue weighted by Gasteiger charge is -2.14. The number of benzene rings is 15. The lowest BCUT2D eigenvalue weighted by Crippen LogP contribution is -1.92. The Labute approximate surface area is 625 Å². The standard InChI is InChI=1S/3C34H22N2/c1-2-9-23(10-3-1)30-20-33(36-32-18-17-24-11-4-7-16-29(24)34(30)32)26-14-8-13-25(19-26)31-22-35-21-27-12-5-6-15-28(27)31;1-2-8-23(9-3-1)30-21-33(36-32-17-16-24-10-4-5-14-29(24)34(30)32)27-13-6-12-26(20-27)28-15-7-11-25-18-19-35-22-31(25)28;1-2-8-23(9-3-1)31-21-33(36-32-17-16-24-10-4-5-14-30(24)34(31)32)26-12-6-11-25(20-26)28-15-7-13-27-22-35-19-18-29(27)28/h3*1-22H. The lowest BCUT2D eigenvalue weighted by atomic mass is 9.93. The summed E-state index contributed by atoms with van der Waals surface area (Å²) in [4.78, 5) is 28.7. The van der Waals surface area contributed by atoms with Crippen LogP contribution < -0.4 is 0 Å². The topological polar surface area (TPSA) is 77.3 Å². The van der Waals surface area contributed by atoms with Crippen LogP contribution >= 0.6 is 0 Å². The molecule has 6 nitrogen and oxygen atoms in total. The Morgan fingerprint density at radius 2 is 0.472 bits per heavy atom. The maximum Gasteiger partial charge on any atom is 0.0722 e. The number of rotatable bonds is 9. The van der Waals surface area contributed by atoms with E-state index in [-0.39, 0.29) is 0 Å². The highest BCUT2D eigenvalue weighted by Crippen LogP contribution is 2.43. The lowest BCUT2D eigenvalue weighted by molar-refractivity contribution is 1.36. The Morgan fingerprint density at radius 1 is 0.157 bits per heavy atom. The van der Waals surface area contributed by atoms with Gasteiger partial charge in [0, 0.05) is 91.8 Å². The first-order chi connectivity index (χ1) is 53.5. The predicted octanol–water partition coefficient (Wildman–Crippen LogP) is 26.8. The molecule has 0 aliphatic carbocycles. The first kappa shape index (κ1) is 64.4. The molecule has 0 saturated carbocycles. The molecule has 21 rings (SSSR count). The number of hydrogen-bond acceptors (Lipinski definition) is 6. The molecule has 0 aliphatic heterocycles. The minimum atomic E-state index is 0.965. The van der Waals surface area contributed by atoms with Crippen molar-refractivity contribution in [2.45, 2.75) is 0 Å². The van der Waals surface area contributed by atoms with E-state index >= 15 is 0 Å². The first-order valence-electron chi connectivity index (χ1n) is 36.5. The van der Waals surface area contributed by atoms with Crippen LogP contribution in [-0.4, -0.2) is 29.9 Å². The molecule has 6 heterocycles. The van der Waals surface area contributed by atoms with Gasteiger partial charge < -0.3 is 0 Å². The summed E-state index contributed by atoms with van der Waals surface area (Å²) in [5.41, 5.74) is 23.4. The average molecular weight is 1380 g/mol. The molecule has 0 bridgehead atoms. The molecular weight excluding hydrogens is 1310 g/mol. The third-order valence-corrected chi connectivity index (χ3v) is 20.8. The Balaban J connectivity index is 0.000000110. The van der Waals surface area contributed by atoms with Gasteiger partial charge in [0.25, 0.3) is 0 Å². The van der Waals surface area contributed by atoms with E-state index < -0.39 is 0 Å². The van der Waals surface area contributed by atoms with Crippen molar-refractivity contribution in [2.75, 3.05) is 0 Å². The van der Waals surface area contributed by atoms with Gasteiger partial charge in [-0.25, -0.2) is 15.0 Å². The highest BCUT2D eigenvalue weighted by Gasteiger charge is 2.19. The second kappa shape index (κ2) is 28.3. The number of hydrogen-bond donors (Lipinski definition) is 0. The van der Waals surface area contributed by atoms with Gasteiger partial charge in [0.15, 0.2) is 0 Å². The van der Waals surface area contributed by atoms with Gasteiger partial charge in [0.2, 0.25) is 0 Å². The number of fused-ring (bicyclic) bond motifs is 12. The molecule has 0 radical (unpaired) electrons. The van der Waals surface area contributed by atoms with E-state index in [2.05, 4.69) is 379 Å². The predicted molar refractivity (Wildman–Crippen MR) is 453 cm³/mol. The summed E-state index contributed by atoms with van der Waals surface area (Å²) >= 11 is 0. The molecule has 15 aromatic carbocycles. The molecule has 0 N–H and O–H groups in total. The second-order valence-electron chi connectivity index (χ2n) is 27.3. The molecule has 108 heavy (non-hydrogen) atoms. The average Bonchev–Trinajstić information content (AvgIpc) is 0.754. The van der Waals surface area contributed by atoms with Gasteiger partial charge in [-0.3, -0.25) is 15.0 Å². The van der Waals surface area contributed by atoms with Crippen LogP contribution in [0.4, 0.5) is 0 Å². The third-order valence-electron chi connectivity index (χ3n) is 20.8. The fraction of sp³-hybridized carbons (Fsp3) is 0. The highest BCUT2D eigenvalue weighted by molar-refractivity contribution is 6.17. The minimum Gasteiger partial charge on any atom is -0.264 e. The van der Waals surface area contributed by atoms with Crippen LogP contribution in [0.5, 0.6) is 0 Å². The van der Waals surface area contributed by atoms with E-state index in [1.165, 1.54) is 115 Å². The van der Waals surface area contributed by atoms with Crippen molar-refractivity contribution >= 4 is 97.3 Å². The Morgan fingerprint density at radius 3 is 0.935 bits per heavy atom. The van der Waals surface area contributed by atoms with Crippen LogP contribution in [0.15, 0.2) is 401 Å². The SMILES string of the molecule is c1ccc(-c2cc(-c3cccc(-c4cccc5ccncc45)c3)nc3ccc4ccccc4c23)cc1.c1ccc(-c2cc(-c3cccc(-c4cccc5cnccc45)c3)nc3ccc4ccccc4c23)cc1.c1ccc(-c2cc(-c3cccc(-c4cncc5ccccc45)c3)nc3ccc4ccccc4c23)cc1. The van der Waals surface area contributed by atoms with Crippen molar-refractivity contribution in [3.8, 4) is 101 Å². The highest BCUT2D eigenvalue weighted by atomic mass is 14.7. The smallest absolute Gasteiger partial charge is 0.0722 e. The summed E-state index contributed by atoms with van der Waals surface area (Å²) in [6.07, 6.45) is 11.4. The molecule has 0 spiro atoms. The third kappa shape index (κ3) is 12.3. The van der Waals surface area contributed by atoms with E-state index in [1.54, 1.807) is 0 Å². The fourth-order valence-electron chi connectivity index (χ4n) is 15.6. The van der Waals surface area contributed by atoms with Crippen LogP contribution in [0, 0.1) is 0 Å². The van der Waals surface area contributed by atoms with Gasteiger partial charge in [-0.05, 0) is 176 Å². The van der Waals surface area contributed by atoms with E-state index in [0.29, 0.717) is 0 Å². The van der Waals surface area contributed by atoms with Gasteiger partial charge in [0.05, 0.1) is 33.6 Å². The van der Waals surface area contributed by atoms with Crippen molar-refractivity contribution in [2.24, 2.45) is 0 Å². The van der Waals surface area contributed by atoms with Gasteiger partial charge in [-0.2, -0.15) is 0 Å². The summed E-state index contributed by atoms with van der Waals surface area (Å²) < 4.78 is 0. The van der Waals surface area contributed by atoms with E-state index in [1.807, 2.05) is 37.2 Å². The second-order valence-corrected chi connectivity index (χ2v) is 27.3. The van der Waals surface area contributed by atoms with Crippen LogP contribution in [-0.2, 0) is 0 Å². The normalized spacial score (nSPS) is 11.3. The zero-order valence-electron chi connectivity index (χ0n) is 58.8. The number of aromatic nitrogens is 6.